The van der Waals surface area contributed by atoms with Gasteiger partial charge in [0.05, 0.1) is 13.2 Å². The molecule has 1 N–H and O–H groups in total. The summed E-state index contributed by atoms with van der Waals surface area (Å²) in [5.74, 6) is 1.02. The van der Waals surface area contributed by atoms with Gasteiger partial charge in [0.1, 0.15) is 5.82 Å². The average molecular weight is 249 g/mol. The summed E-state index contributed by atoms with van der Waals surface area (Å²) in [5.41, 5.74) is 4.09. The maximum Gasteiger partial charge on any atom is 0.128 e. The minimum absolute atomic E-state index is 0.553. The van der Waals surface area contributed by atoms with Crippen molar-refractivity contribution >= 4 is 5.82 Å². The highest BCUT2D eigenvalue weighted by atomic mass is 16.7. The Morgan fingerprint density at radius 2 is 2.33 bits per heavy atom. The van der Waals surface area contributed by atoms with E-state index in [0.29, 0.717) is 13.2 Å². The summed E-state index contributed by atoms with van der Waals surface area (Å²) in [4.78, 5) is 11.9. The maximum absolute atomic E-state index is 5.28. The fourth-order valence-electron chi connectivity index (χ4n) is 1.78. The zero-order valence-electron chi connectivity index (χ0n) is 10.6. The fraction of sp³-hybridized carbons (Fsp3) is 0.462. The van der Waals surface area contributed by atoms with Gasteiger partial charge in [0.2, 0.25) is 0 Å². The van der Waals surface area contributed by atoms with E-state index in [0.717, 1.165) is 31.0 Å². The number of nitrogens with zero attached hydrogens (tertiary/aromatic N) is 2. The number of hydrogen-bond acceptors (Lipinski definition) is 5. The largest absolute Gasteiger partial charge is 0.382 e. The normalized spacial score (nSPS) is 15.4. The Labute approximate surface area is 107 Å². The number of hydroxylamine groups is 1. The molecule has 0 saturated carbocycles. The van der Waals surface area contributed by atoms with Crippen LogP contribution in [0.15, 0.2) is 36.2 Å². The highest BCUT2D eigenvalue weighted by molar-refractivity contribution is 5.40. The summed E-state index contributed by atoms with van der Waals surface area (Å²) in [7, 11) is 1.66. The summed E-state index contributed by atoms with van der Waals surface area (Å²) >= 11 is 0. The van der Waals surface area contributed by atoms with Crippen LogP contribution in [0.1, 0.15) is 6.42 Å². The fourth-order valence-corrected chi connectivity index (χ4v) is 1.78. The van der Waals surface area contributed by atoms with Gasteiger partial charge in [-0.3, -0.25) is 10.3 Å². The van der Waals surface area contributed by atoms with Gasteiger partial charge in [-0.2, -0.15) is 0 Å². The van der Waals surface area contributed by atoms with Crippen molar-refractivity contribution in [2.45, 2.75) is 6.42 Å². The number of methoxy groups -OCH3 is 1. The van der Waals surface area contributed by atoms with Crippen molar-refractivity contribution in [2.24, 2.45) is 0 Å². The first-order chi connectivity index (χ1) is 8.90. The van der Waals surface area contributed by atoms with Crippen LogP contribution in [0.25, 0.3) is 0 Å². The number of rotatable bonds is 6. The van der Waals surface area contributed by atoms with E-state index >= 15 is 0 Å². The SMILES string of the molecule is COCCONC1=CCN(c2ccccn2)CC1. The van der Waals surface area contributed by atoms with Crippen molar-refractivity contribution in [1.29, 1.82) is 0 Å². The number of hydrogen-bond donors (Lipinski definition) is 1. The van der Waals surface area contributed by atoms with E-state index in [1.54, 1.807) is 7.11 Å². The van der Waals surface area contributed by atoms with E-state index in [-0.39, 0.29) is 0 Å². The summed E-state index contributed by atoms with van der Waals surface area (Å²) < 4.78 is 4.91. The minimum Gasteiger partial charge on any atom is -0.382 e. The summed E-state index contributed by atoms with van der Waals surface area (Å²) in [6.45, 7) is 2.95. The Balaban J connectivity index is 1.77. The molecular formula is C13H19N3O2. The second kappa shape index (κ2) is 6.98. The van der Waals surface area contributed by atoms with Crippen molar-refractivity contribution in [1.82, 2.24) is 10.5 Å². The third-order valence-corrected chi connectivity index (χ3v) is 2.78. The third-order valence-electron chi connectivity index (χ3n) is 2.78. The van der Waals surface area contributed by atoms with Gasteiger partial charge in [-0.05, 0) is 18.2 Å². The molecule has 1 aliphatic heterocycles. The lowest BCUT2D eigenvalue weighted by Crippen LogP contribution is -2.32. The molecule has 98 valence electrons. The molecule has 0 radical (unpaired) electrons. The average Bonchev–Trinajstić information content (AvgIpc) is 2.45. The number of ether oxygens (including phenoxy) is 1. The molecule has 5 nitrogen and oxygen atoms in total. The molecule has 2 heterocycles. The molecule has 0 unspecified atom stereocenters. The van der Waals surface area contributed by atoms with Gasteiger partial charge >= 0.3 is 0 Å². The van der Waals surface area contributed by atoms with Crippen LogP contribution in [0.3, 0.4) is 0 Å². The first-order valence-corrected chi connectivity index (χ1v) is 6.12. The van der Waals surface area contributed by atoms with Gasteiger partial charge in [0.15, 0.2) is 0 Å². The molecule has 0 atom stereocenters. The van der Waals surface area contributed by atoms with Crippen LogP contribution >= 0.6 is 0 Å². The third kappa shape index (κ3) is 3.72. The Bertz CT molecular complexity index is 381. The molecule has 0 amide bonds. The second-order valence-electron chi connectivity index (χ2n) is 4.06. The molecule has 2 rings (SSSR count). The zero-order chi connectivity index (χ0) is 12.6. The Kier molecular flexibility index (Phi) is 4.99. The number of anilines is 1. The maximum atomic E-state index is 5.28. The van der Waals surface area contributed by atoms with E-state index in [4.69, 9.17) is 9.57 Å². The molecular weight excluding hydrogens is 230 g/mol. The number of nitrogens with one attached hydrogen (secondary N) is 1. The van der Waals surface area contributed by atoms with E-state index in [9.17, 15) is 0 Å². The van der Waals surface area contributed by atoms with E-state index in [2.05, 4.69) is 21.4 Å². The quantitative estimate of drug-likeness (QED) is 0.609. The first-order valence-electron chi connectivity index (χ1n) is 6.12. The van der Waals surface area contributed by atoms with E-state index in [1.807, 2.05) is 24.4 Å². The van der Waals surface area contributed by atoms with Gasteiger partial charge in [-0.25, -0.2) is 4.98 Å². The summed E-state index contributed by atoms with van der Waals surface area (Å²) in [6.07, 6.45) is 4.88. The van der Waals surface area contributed by atoms with Gasteiger partial charge in [0.25, 0.3) is 0 Å². The van der Waals surface area contributed by atoms with Crippen LogP contribution in [0.2, 0.25) is 0 Å². The summed E-state index contributed by atoms with van der Waals surface area (Å²) in [6, 6.07) is 5.97. The van der Waals surface area contributed by atoms with Crippen molar-refractivity contribution in [3.63, 3.8) is 0 Å². The van der Waals surface area contributed by atoms with E-state index in [1.165, 1.54) is 0 Å². The monoisotopic (exact) mass is 249 g/mol. The van der Waals surface area contributed by atoms with Crippen LogP contribution in [-0.4, -0.2) is 38.4 Å². The van der Waals surface area contributed by atoms with Crippen LogP contribution < -0.4 is 10.4 Å². The van der Waals surface area contributed by atoms with Crippen LogP contribution in [0.4, 0.5) is 5.82 Å². The predicted molar refractivity (Wildman–Crippen MR) is 70.1 cm³/mol. The molecule has 1 aliphatic rings. The lowest BCUT2D eigenvalue weighted by molar-refractivity contribution is 0.0207. The lowest BCUT2D eigenvalue weighted by atomic mass is 10.2. The van der Waals surface area contributed by atoms with Crippen LogP contribution in [0.5, 0.6) is 0 Å². The molecule has 1 aromatic heterocycles. The molecule has 0 fully saturated rings. The van der Waals surface area contributed by atoms with Gasteiger partial charge in [0, 0.05) is 38.5 Å². The zero-order valence-corrected chi connectivity index (χ0v) is 10.6. The predicted octanol–water partition coefficient (Wildman–Crippen LogP) is 1.34. The molecule has 0 saturated heterocycles. The van der Waals surface area contributed by atoms with Crippen molar-refractivity contribution in [3.05, 3.63) is 36.2 Å². The second-order valence-corrected chi connectivity index (χ2v) is 4.06. The Morgan fingerprint density at radius 3 is 3.00 bits per heavy atom. The number of aromatic nitrogens is 1. The van der Waals surface area contributed by atoms with E-state index < -0.39 is 0 Å². The minimum atomic E-state index is 0.553. The molecule has 0 aromatic carbocycles. The van der Waals surface area contributed by atoms with Crippen LogP contribution in [0, 0.1) is 0 Å². The van der Waals surface area contributed by atoms with Crippen molar-refractivity contribution in [2.75, 3.05) is 38.3 Å². The number of pyridine rings is 1. The molecule has 5 heteroatoms. The summed E-state index contributed by atoms with van der Waals surface area (Å²) in [5, 5.41) is 0. The molecule has 0 aliphatic carbocycles. The molecule has 0 spiro atoms. The molecule has 1 aromatic rings. The van der Waals surface area contributed by atoms with Gasteiger partial charge in [-0.15, -0.1) is 0 Å². The van der Waals surface area contributed by atoms with Crippen LogP contribution in [-0.2, 0) is 9.57 Å². The molecule has 18 heavy (non-hydrogen) atoms. The lowest BCUT2D eigenvalue weighted by Gasteiger charge is -2.27. The topological polar surface area (TPSA) is 46.6 Å². The van der Waals surface area contributed by atoms with Crippen molar-refractivity contribution in [3.8, 4) is 0 Å². The Hall–Kier alpha value is -1.59. The highest BCUT2D eigenvalue weighted by Crippen LogP contribution is 2.15. The Morgan fingerprint density at radius 1 is 1.39 bits per heavy atom. The standard InChI is InChI=1S/C13H19N3O2/c1-17-10-11-18-15-12-5-8-16(9-6-12)13-4-2-3-7-14-13/h2-5,7,15H,6,8-11H2,1H3. The van der Waals surface area contributed by atoms with Gasteiger partial charge < -0.3 is 9.64 Å². The first kappa shape index (κ1) is 12.9. The molecule has 0 bridgehead atoms. The van der Waals surface area contributed by atoms with Crippen molar-refractivity contribution < 1.29 is 9.57 Å². The highest BCUT2D eigenvalue weighted by Gasteiger charge is 2.12. The smallest absolute Gasteiger partial charge is 0.128 e. The van der Waals surface area contributed by atoms with Gasteiger partial charge in [-0.1, -0.05) is 6.07 Å².